The molecule has 2 aromatic rings. The Morgan fingerprint density at radius 3 is 2.50 bits per heavy atom. The van der Waals surface area contributed by atoms with E-state index < -0.39 is 22.9 Å². The van der Waals surface area contributed by atoms with Crippen LogP contribution in [0.4, 0.5) is 26.2 Å². The monoisotopic (exact) mass is 381 g/mol. The van der Waals surface area contributed by atoms with Crippen LogP contribution in [0.15, 0.2) is 48.5 Å². The molecule has 0 saturated carbocycles. The van der Waals surface area contributed by atoms with E-state index in [0.29, 0.717) is 17.8 Å². The van der Waals surface area contributed by atoms with Crippen molar-refractivity contribution in [2.24, 2.45) is 0 Å². The minimum absolute atomic E-state index is 0.0945. The Balaban J connectivity index is 1.94. The molecule has 3 rings (SSSR count). The Morgan fingerprint density at radius 1 is 1.15 bits per heavy atom. The van der Waals surface area contributed by atoms with Gasteiger partial charge in [0, 0.05) is 20.1 Å². The molecular weight excluding hydrogens is 361 g/mol. The third-order valence-corrected chi connectivity index (χ3v) is 6.00. The summed E-state index contributed by atoms with van der Waals surface area (Å²) in [4.78, 5) is 12.0. The van der Waals surface area contributed by atoms with Gasteiger partial charge >= 0.3 is 6.09 Å². The predicted octanol–water partition coefficient (Wildman–Crippen LogP) is 4.36. The van der Waals surface area contributed by atoms with Gasteiger partial charge in [-0.2, -0.15) is 0 Å². The second kappa shape index (κ2) is 7.02. The molecule has 0 aliphatic carbocycles. The zero-order valence-corrected chi connectivity index (χ0v) is 14.9. The van der Waals surface area contributed by atoms with Crippen LogP contribution in [0.25, 0.3) is 0 Å². The SMILES string of the molecule is CN(CCCN1c2c(F)cccc2N(c2ccccc2)S1(O)O)C(=O)O. The summed E-state index contributed by atoms with van der Waals surface area (Å²) in [7, 11) is -2.09. The van der Waals surface area contributed by atoms with Crippen LogP contribution in [-0.4, -0.2) is 45.3 Å². The van der Waals surface area contributed by atoms with Crippen LogP contribution in [0, 0.1) is 5.82 Å². The molecule has 26 heavy (non-hydrogen) atoms. The third kappa shape index (κ3) is 3.16. The number of para-hydroxylation sites is 2. The minimum Gasteiger partial charge on any atom is -0.465 e. The van der Waals surface area contributed by atoms with Crippen molar-refractivity contribution in [3.8, 4) is 0 Å². The molecule has 2 aromatic carbocycles. The number of fused-ring (bicyclic) bond motifs is 1. The lowest BCUT2D eigenvalue weighted by molar-refractivity contribution is 0.156. The molecule has 0 fully saturated rings. The number of amides is 1. The van der Waals surface area contributed by atoms with E-state index in [0.717, 1.165) is 4.90 Å². The molecule has 1 amide bonds. The van der Waals surface area contributed by atoms with Crippen LogP contribution >= 0.6 is 11.0 Å². The first kappa shape index (κ1) is 18.3. The fourth-order valence-corrected chi connectivity index (χ4v) is 4.71. The van der Waals surface area contributed by atoms with Crippen LogP contribution in [0.2, 0.25) is 0 Å². The third-order valence-electron chi connectivity index (χ3n) is 4.15. The van der Waals surface area contributed by atoms with Crippen molar-refractivity contribution in [3.63, 3.8) is 0 Å². The van der Waals surface area contributed by atoms with Crippen molar-refractivity contribution in [1.29, 1.82) is 0 Å². The van der Waals surface area contributed by atoms with E-state index in [1.54, 1.807) is 36.4 Å². The van der Waals surface area contributed by atoms with Crippen molar-refractivity contribution in [2.45, 2.75) is 6.42 Å². The molecule has 0 aromatic heterocycles. The molecule has 9 heteroatoms. The Bertz CT molecular complexity index is 806. The number of anilines is 3. The fourth-order valence-electron chi connectivity index (χ4n) is 2.89. The lowest BCUT2D eigenvalue weighted by atomic mass is 10.2. The minimum atomic E-state index is -3.52. The van der Waals surface area contributed by atoms with Crippen LogP contribution in [0.1, 0.15) is 6.42 Å². The van der Waals surface area contributed by atoms with Crippen molar-refractivity contribution in [2.75, 3.05) is 28.7 Å². The van der Waals surface area contributed by atoms with Crippen molar-refractivity contribution in [1.82, 2.24) is 4.90 Å². The summed E-state index contributed by atoms with van der Waals surface area (Å²) in [6.45, 7) is 0.285. The van der Waals surface area contributed by atoms with E-state index in [1.165, 1.54) is 27.8 Å². The summed E-state index contributed by atoms with van der Waals surface area (Å²) in [5, 5.41) is 8.92. The fraction of sp³-hybridized carbons (Fsp3) is 0.235. The Labute approximate surface area is 152 Å². The van der Waals surface area contributed by atoms with Gasteiger partial charge in [0.25, 0.3) is 0 Å². The molecule has 0 spiro atoms. The summed E-state index contributed by atoms with van der Waals surface area (Å²) >= 11 is 0. The first-order valence-corrected chi connectivity index (χ1v) is 9.44. The van der Waals surface area contributed by atoms with Gasteiger partial charge in [-0.3, -0.25) is 9.11 Å². The number of carboxylic acid groups (broad SMARTS) is 1. The molecule has 0 atom stereocenters. The van der Waals surface area contributed by atoms with Gasteiger partial charge in [0.15, 0.2) is 0 Å². The van der Waals surface area contributed by atoms with E-state index in [1.807, 2.05) is 0 Å². The Morgan fingerprint density at radius 2 is 1.85 bits per heavy atom. The summed E-state index contributed by atoms with van der Waals surface area (Å²) in [5.74, 6) is -0.563. The molecule has 0 unspecified atom stereocenters. The molecule has 0 radical (unpaired) electrons. The number of halogens is 1. The molecule has 3 N–H and O–H groups in total. The topological polar surface area (TPSA) is 87.5 Å². The van der Waals surface area contributed by atoms with Crippen LogP contribution in [-0.2, 0) is 0 Å². The zero-order valence-electron chi connectivity index (χ0n) is 14.1. The van der Waals surface area contributed by atoms with Gasteiger partial charge < -0.3 is 10.0 Å². The highest BCUT2D eigenvalue weighted by atomic mass is 32.3. The van der Waals surface area contributed by atoms with Gasteiger partial charge in [0.2, 0.25) is 0 Å². The highest BCUT2D eigenvalue weighted by Gasteiger charge is 2.43. The summed E-state index contributed by atoms with van der Waals surface area (Å²) in [6, 6.07) is 13.2. The van der Waals surface area contributed by atoms with E-state index >= 15 is 0 Å². The van der Waals surface area contributed by atoms with Crippen molar-refractivity contribution in [3.05, 3.63) is 54.3 Å². The first-order chi connectivity index (χ1) is 12.3. The first-order valence-electron chi connectivity index (χ1n) is 7.98. The second-order valence-corrected chi connectivity index (χ2v) is 7.67. The summed E-state index contributed by atoms with van der Waals surface area (Å²) in [6.07, 6.45) is -0.759. The number of hydrogen-bond acceptors (Lipinski definition) is 5. The molecule has 0 bridgehead atoms. The molecule has 0 saturated heterocycles. The van der Waals surface area contributed by atoms with Crippen LogP contribution in [0.3, 0.4) is 0 Å². The average molecular weight is 381 g/mol. The zero-order chi connectivity index (χ0) is 18.9. The number of nitrogens with zero attached hydrogens (tertiary/aromatic N) is 3. The Hall–Kier alpha value is -2.49. The summed E-state index contributed by atoms with van der Waals surface area (Å²) in [5.41, 5.74) is 1.00. The van der Waals surface area contributed by atoms with Crippen LogP contribution < -0.4 is 8.61 Å². The normalized spacial score (nSPS) is 16.3. The predicted molar refractivity (Wildman–Crippen MR) is 100 cm³/mol. The van der Waals surface area contributed by atoms with E-state index in [9.17, 15) is 18.3 Å². The van der Waals surface area contributed by atoms with E-state index in [4.69, 9.17) is 5.11 Å². The lowest BCUT2D eigenvalue weighted by Crippen LogP contribution is -2.34. The number of carbonyl (C=O) groups is 1. The van der Waals surface area contributed by atoms with Gasteiger partial charge in [-0.05, 0) is 41.6 Å². The quantitative estimate of drug-likeness (QED) is 0.713. The van der Waals surface area contributed by atoms with Gasteiger partial charge in [-0.1, -0.05) is 24.3 Å². The lowest BCUT2D eigenvalue weighted by Gasteiger charge is -2.43. The van der Waals surface area contributed by atoms with Gasteiger partial charge in [0.1, 0.15) is 11.5 Å². The van der Waals surface area contributed by atoms with Crippen molar-refractivity contribution >= 4 is 34.1 Å². The highest BCUT2D eigenvalue weighted by Crippen LogP contribution is 2.64. The maximum atomic E-state index is 14.5. The highest BCUT2D eigenvalue weighted by molar-refractivity contribution is 8.27. The number of hydrogen-bond donors (Lipinski definition) is 3. The number of rotatable bonds is 5. The van der Waals surface area contributed by atoms with E-state index in [-0.39, 0.29) is 18.8 Å². The Kier molecular flexibility index (Phi) is 4.94. The largest absolute Gasteiger partial charge is 0.465 e. The van der Waals surface area contributed by atoms with Crippen LogP contribution in [0.5, 0.6) is 0 Å². The van der Waals surface area contributed by atoms with Gasteiger partial charge in [-0.25, -0.2) is 17.8 Å². The van der Waals surface area contributed by atoms with E-state index in [2.05, 4.69) is 0 Å². The molecular formula is C17H20FN3O4S. The number of benzene rings is 2. The van der Waals surface area contributed by atoms with Gasteiger partial charge in [-0.15, -0.1) is 0 Å². The standard InChI is InChI=1S/C17H20FN3O4S/c1-19(17(22)23)11-6-12-20-16-14(18)9-5-10-15(16)21(26(20,24)25)13-7-3-2-4-8-13/h2-5,7-10,24-25H,6,11-12H2,1H3,(H,22,23). The maximum Gasteiger partial charge on any atom is 0.407 e. The molecule has 1 aliphatic heterocycles. The smallest absolute Gasteiger partial charge is 0.407 e. The molecule has 140 valence electrons. The summed E-state index contributed by atoms with van der Waals surface area (Å²) < 4.78 is 38.8. The van der Waals surface area contributed by atoms with Crippen molar-refractivity contribution < 1.29 is 23.4 Å². The molecule has 1 heterocycles. The molecule has 1 aliphatic rings. The van der Waals surface area contributed by atoms with Gasteiger partial charge in [0.05, 0.1) is 11.4 Å². The molecule has 7 nitrogen and oxygen atoms in total. The maximum absolute atomic E-state index is 14.5. The average Bonchev–Trinajstić information content (AvgIpc) is 2.83. The second-order valence-electron chi connectivity index (χ2n) is 5.89.